The summed E-state index contributed by atoms with van der Waals surface area (Å²) < 4.78 is 0. The number of nitrogens with zero attached hydrogens (tertiary/aromatic N) is 1. The van der Waals surface area contributed by atoms with Crippen LogP contribution in [-0.2, 0) is 16.0 Å². The van der Waals surface area contributed by atoms with E-state index in [0.717, 1.165) is 12.0 Å². The van der Waals surface area contributed by atoms with Gasteiger partial charge in [0.1, 0.15) is 0 Å². The van der Waals surface area contributed by atoms with Crippen LogP contribution in [0, 0.1) is 5.92 Å². The van der Waals surface area contributed by atoms with Crippen molar-refractivity contribution in [2.24, 2.45) is 5.92 Å². The molecule has 1 heterocycles. The van der Waals surface area contributed by atoms with Crippen LogP contribution in [0.1, 0.15) is 18.1 Å². The maximum absolute atomic E-state index is 11.7. The van der Waals surface area contributed by atoms with Gasteiger partial charge in [-0.1, -0.05) is 31.2 Å². The predicted octanol–water partition coefficient (Wildman–Crippen LogP) is 1.81. The second-order valence-corrected chi connectivity index (χ2v) is 4.71. The van der Waals surface area contributed by atoms with Crippen molar-refractivity contribution < 1.29 is 14.7 Å². The first-order chi connectivity index (χ1) is 9.10. The van der Waals surface area contributed by atoms with E-state index in [-0.39, 0.29) is 5.91 Å². The van der Waals surface area contributed by atoms with Crippen molar-refractivity contribution in [3.05, 3.63) is 41.5 Å². The number of aliphatic carboxylic acids is 1. The molecule has 0 spiro atoms. The Balaban J connectivity index is 1.88. The minimum Gasteiger partial charge on any atom is -0.481 e. The van der Waals surface area contributed by atoms with E-state index >= 15 is 0 Å². The monoisotopic (exact) mass is 259 g/mol. The van der Waals surface area contributed by atoms with Crippen LogP contribution in [0.3, 0.4) is 0 Å². The molecule has 4 heteroatoms. The summed E-state index contributed by atoms with van der Waals surface area (Å²) in [7, 11) is 0. The molecule has 0 aromatic heterocycles. The highest BCUT2D eigenvalue weighted by molar-refractivity contribution is 5.93. The van der Waals surface area contributed by atoms with Crippen LogP contribution in [-0.4, -0.2) is 35.0 Å². The number of amides is 1. The van der Waals surface area contributed by atoms with Gasteiger partial charge in [-0.05, 0) is 23.6 Å². The predicted molar refractivity (Wildman–Crippen MR) is 72.6 cm³/mol. The Hall–Kier alpha value is -2.10. The number of carbonyl (C=O) groups is 2. The highest BCUT2D eigenvalue weighted by Crippen LogP contribution is 2.16. The van der Waals surface area contributed by atoms with Crippen molar-refractivity contribution in [1.82, 2.24) is 4.90 Å². The summed E-state index contributed by atoms with van der Waals surface area (Å²) in [4.78, 5) is 23.9. The molecule has 1 aliphatic heterocycles. The average Bonchev–Trinajstić information content (AvgIpc) is 2.34. The Kier molecular flexibility index (Phi) is 4.00. The van der Waals surface area contributed by atoms with E-state index < -0.39 is 11.9 Å². The van der Waals surface area contributed by atoms with Gasteiger partial charge < -0.3 is 10.0 Å². The van der Waals surface area contributed by atoms with Gasteiger partial charge in [-0.2, -0.15) is 0 Å². The van der Waals surface area contributed by atoms with Gasteiger partial charge in [-0.3, -0.25) is 9.59 Å². The summed E-state index contributed by atoms with van der Waals surface area (Å²) in [6, 6.07) is 8.01. The number of carboxylic acids is 1. The molecule has 0 atom stereocenters. The zero-order valence-electron chi connectivity index (χ0n) is 10.9. The lowest BCUT2D eigenvalue weighted by atomic mass is 10.0. The molecule has 0 bridgehead atoms. The van der Waals surface area contributed by atoms with Gasteiger partial charge in [0.2, 0.25) is 5.91 Å². The summed E-state index contributed by atoms with van der Waals surface area (Å²) in [6.07, 6.45) is 4.25. The summed E-state index contributed by atoms with van der Waals surface area (Å²) in [5.74, 6) is -1.36. The fraction of sp³-hybridized carbons (Fsp3) is 0.333. The van der Waals surface area contributed by atoms with Crippen LogP contribution < -0.4 is 0 Å². The molecule has 2 rings (SSSR count). The summed E-state index contributed by atoms with van der Waals surface area (Å²) >= 11 is 0. The van der Waals surface area contributed by atoms with Crippen molar-refractivity contribution in [3.8, 4) is 0 Å². The van der Waals surface area contributed by atoms with E-state index in [1.54, 1.807) is 6.08 Å². The third-order valence-electron chi connectivity index (χ3n) is 3.35. The van der Waals surface area contributed by atoms with E-state index in [9.17, 15) is 9.59 Å². The molecule has 0 unspecified atom stereocenters. The van der Waals surface area contributed by atoms with Crippen molar-refractivity contribution in [2.45, 2.75) is 13.3 Å². The van der Waals surface area contributed by atoms with Gasteiger partial charge in [-0.15, -0.1) is 0 Å². The second-order valence-electron chi connectivity index (χ2n) is 4.71. The molecule has 1 fully saturated rings. The molecule has 4 nitrogen and oxygen atoms in total. The fourth-order valence-electron chi connectivity index (χ4n) is 1.95. The van der Waals surface area contributed by atoms with Crippen LogP contribution >= 0.6 is 0 Å². The normalized spacial score (nSPS) is 15.5. The SMILES string of the molecule is CCc1ccc(C=CC(=O)N2CC(C(=O)O)C2)cc1. The van der Waals surface area contributed by atoms with Crippen molar-refractivity contribution in [2.75, 3.05) is 13.1 Å². The van der Waals surface area contributed by atoms with Gasteiger partial charge in [-0.25, -0.2) is 0 Å². The number of hydrogen-bond donors (Lipinski definition) is 1. The average molecular weight is 259 g/mol. The first kappa shape index (κ1) is 13.3. The molecular formula is C15H17NO3. The zero-order valence-corrected chi connectivity index (χ0v) is 10.9. The molecule has 0 saturated carbocycles. The minimum absolute atomic E-state index is 0.128. The first-order valence-electron chi connectivity index (χ1n) is 6.39. The molecule has 1 aromatic rings. The lowest BCUT2D eigenvalue weighted by Gasteiger charge is -2.35. The van der Waals surface area contributed by atoms with Crippen LogP contribution in [0.4, 0.5) is 0 Å². The van der Waals surface area contributed by atoms with Gasteiger partial charge in [0.15, 0.2) is 0 Å². The minimum atomic E-state index is -0.830. The topological polar surface area (TPSA) is 57.6 Å². The highest BCUT2D eigenvalue weighted by Gasteiger charge is 2.34. The zero-order chi connectivity index (χ0) is 13.8. The molecule has 100 valence electrons. The third kappa shape index (κ3) is 3.22. The molecule has 0 radical (unpaired) electrons. The Morgan fingerprint density at radius 1 is 1.32 bits per heavy atom. The fourth-order valence-corrected chi connectivity index (χ4v) is 1.95. The Morgan fingerprint density at radius 3 is 2.47 bits per heavy atom. The smallest absolute Gasteiger partial charge is 0.310 e. The maximum Gasteiger partial charge on any atom is 0.310 e. The number of benzene rings is 1. The molecule has 1 N–H and O–H groups in total. The van der Waals surface area contributed by atoms with Gasteiger partial charge in [0.25, 0.3) is 0 Å². The number of hydrogen-bond acceptors (Lipinski definition) is 2. The second kappa shape index (κ2) is 5.69. The Bertz CT molecular complexity index is 499. The Labute approximate surface area is 112 Å². The molecule has 1 saturated heterocycles. The van der Waals surface area contributed by atoms with Crippen molar-refractivity contribution in [1.29, 1.82) is 0 Å². The van der Waals surface area contributed by atoms with E-state index in [1.165, 1.54) is 16.5 Å². The largest absolute Gasteiger partial charge is 0.481 e. The standard InChI is InChI=1S/C15H17NO3/c1-2-11-3-5-12(6-4-11)7-8-14(17)16-9-13(10-16)15(18)19/h3-8,13H,2,9-10H2,1H3,(H,18,19). The molecular weight excluding hydrogens is 242 g/mol. The van der Waals surface area contributed by atoms with Gasteiger partial charge >= 0.3 is 5.97 Å². The van der Waals surface area contributed by atoms with Crippen molar-refractivity contribution in [3.63, 3.8) is 0 Å². The van der Waals surface area contributed by atoms with Crippen LogP contribution in [0.5, 0.6) is 0 Å². The van der Waals surface area contributed by atoms with E-state index in [0.29, 0.717) is 13.1 Å². The number of likely N-dealkylation sites (tertiary alicyclic amines) is 1. The molecule has 1 amide bonds. The quantitative estimate of drug-likeness (QED) is 0.839. The summed E-state index contributed by atoms with van der Waals surface area (Å²) in [5, 5.41) is 8.73. The Morgan fingerprint density at radius 2 is 1.95 bits per heavy atom. The number of rotatable bonds is 4. The lowest BCUT2D eigenvalue weighted by Crippen LogP contribution is -2.52. The molecule has 1 aromatic carbocycles. The van der Waals surface area contributed by atoms with Crippen LogP contribution in [0.15, 0.2) is 30.3 Å². The number of carboxylic acid groups (broad SMARTS) is 1. The summed E-state index contributed by atoms with van der Waals surface area (Å²) in [6.45, 7) is 2.72. The van der Waals surface area contributed by atoms with Gasteiger partial charge in [0.05, 0.1) is 5.92 Å². The molecule has 19 heavy (non-hydrogen) atoms. The van der Waals surface area contributed by atoms with Crippen molar-refractivity contribution >= 4 is 18.0 Å². The molecule has 0 aliphatic carbocycles. The number of carbonyl (C=O) groups excluding carboxylic acids is 1. The van der Waals surface area contributed by atoms with Gasteiger partial charge in [0, 0.05) is 19.2 Å². The van der Waals surface area contributed by atoms with E-state index in [4.69, 9.17) is 5.11 Å². The lowest BCUT2D eigenvalue weighted by molar-refractivity contribution is -0.151. The van der Waals surface area contributed by atoms with Crippen LogP contribution in [0.2, 0.25) is 0 Å². The van der Waals surface area contributed by atoms with Crippen LogP contribution in [0.25, 0.3) is 6.08 Å². The first-order valence-corrected chi connectivity index (χ1v) is 6.39. The number of aryl methyl sites for hydroxylation is 1. The maximum atomic E-state index is 11.7. The van der Waals surface area contributed by atoms with E-state index in [2.05, 4.69) is 6.92 Å². The third-order valence-corrected chi connectivity index (χ3v) is 3.35. The highest BCUT2D eigenvalue weighted by atomic mass is 16.4. The van der Waals surface area contributed by atoms with E-state index in [1.807, 2.05) is 24.3 Å². The molecule has 1 aliphatic rings. The summed E-state index contributed by atoms with van der Waals surface area (Å²) in [5.41, 5.74) is 2.23.